The van der Waals surface area contributed by atoms with Gasteiger partial charge in [-0.05, 0) is 26.4 Å². The molecule has 1 unspecified atom stereocenters. The molecule has 0 aromatic heterocycles. The van der Waals surface area contributed by atoms with Gasteiger partial charge in [-0.1, -0.05) is 0 Å². The average Bonchev–Trinajstić information content (AvgIpc) is 2.16. The van der Waals surface area contributed by atoms with Gasteiger partial charge in [-0.15, -0.1) is 0 Å². The SMILES string of the molecule is CN1CCNC(=O)C12CCCNC2. The van der Waals surface area contributed by atoms with Gasteiger partial charge in [-0.2, -0.15) is 0 Å². The van der Waals surface area contributed by atoms with E-state index in [0.29, 0.717) is 0 Å². The van der Waals surface area contributed by atoms with Gasteiger partial charge in [0.15, 0.2) is 0 Å². The summed E-state index contributed by atoms with van der Waals surface area (Å²) in [4.78, 5) is 14.0. The number of piperazine rings is 1. The molecule has 0 bridgehead atoms. The molecule has 2 fully saturated rings. The number of hydrogen-bond donors (Lipinski definition) is 2. The molecule has 1 amide bonds. The van der Waals surface area contributed by atoms with Crippen molar-refractivity contribution in [3.05, 3.63) is 0 Å². The van der Waals surface area contributed by atoms with Gasteiger partial charge in [-0.3, -0.25) is 9.69 Å². The molecule has 0 aromatic rings. The quantitative estimate of drug-likeness (QED) is 0.515. The van der Waals surface area contributed by atoms with E-state index in [2.05, 4.69) is 15.5 Å². The van der Waals surface area contributed by atoms with Crippen molar-refractivity contribution in [3.8, 4) is 0 Å². The Kier molecular flexibility index (Phi) is 2.26. The zero-order chi connectivity index (χ0) is 9.31. The highest BCUT2D eigenvalue weighted by Crippen LogP contribution is 2.24. The molecule has 0 aliphatic carbocycles. The zero-order valence-electron chi connectivity index (χ0n) is 8.10. The molecule has 2 aliphatic rings. The summed E-state index contributed by atoms with van der Waals surface area (Å²) >= 11 is 0. The highest BCUT2D eigenvalue weighted by atomic mass is 16.2. The molecule has 4 heteroatoms. The predicted molar refractivity (Wildman–Crippen MR) is 50.5 cm³/mol. The summed E-state index contributed by atoms with van der Waals surface area (Å²) in [6.07, 6.45) is 2.08. The van der Waals surface area contributed by atoms with Gasteiger partial charge in [0, 0.05) is 19.6 Å². The second kappa shape index (κ2) is 3.27. The molecule has 2 rings (SSSR count). The summed E-state index contributed by atoms with van der Waals surface area (Å²) in [6, 6.07) is 0. The van der Waals surface area contributed by atoms with E-state index in [1.165, 1.54) is 0 Å². The van der Waals surface area contributed by atoms with Crippen LogP contribution in [0, 0.1) is 0 Å². The Morgan fingerprint density at radius 2 is 2.31 bits per heavy atom. The van der Waals surface area contributed by atoms with Gasteiger partial charge < -0.3 is 10.6 Å². The number of piperidine rings is 1. The van der Waals surface area contributed by atoms with Crippen LogP contribution in [-0.4, -0.2) is 49.6 Å². The summed E-state index contributed by atoms with van der Waals surface area (Å²) in [5.74, 6) is 0.202. The number of amides is 1. The first-order valence-corrected chi connectivity index (χ1v) is 4.96. The van der Waals surface area contributed by atoms with Crippen molar-refractivity contribution in [2.24, 2.45) is 0 Å². The number of rotatable bonds is 0. The predicted octanol–water partition coefficient (Wildman–Crippen LogP) is -0.830. The van der Waals surface area contributed by atoms with Gasteiger partial charge in [-0.25, -0.2) is 0 Å². The lowest BCUT2D eigenvalue weighted by molar-refractivity contribution is -0.137. The molecular weight excluding hydrogens is 166 g/mol. The Balaban J connectivity index is 2.18. The Morgan fingerprint density at radius 3 is 2.92 bits per heavy atom. The van der Waals surface area contributed by atoms with E-state index < -0.39 is 0 Å². The lowest BCUT2D eigenvalue weighted by Crippen LogP contribution is -2.68. The summed E-state index contributed by atoms with van der Waals surface area (Å²) in [5.41, 5.74) is -0.253. The molecule has 1 atom stereocenters. The number of carbonyl (C=O) groups is 1. The Bertz CT molecular complexity index is 211. The fourth-order valence-electron chi connectivity index (χ4n) is 2.30. The smallest absolute Gasteiger partial charge is 0.241 e. The van der Waals surface area contributed by atoms with Crippen LogP contribution in [0.25, 0.3) is 0 Å². The van der Waals surface area contributed by atoms with E-state index in [9.17, 15) is 4.79 Å². The van der Waals surface area contributed by atoms with E-state index in [1.54, 1.807) is 0 Å². The van der Waals surface area contributed by atoms with Crippen LogP contribution in [0.5, 0.6) is 0 Å². The largest absolute Gasteiger partial charge is 0.353 e. The summed E-state index contributed by atoms with van der Waals surface area (Å²) in [5, 5.41) is 6.26. The minimum atomic E-state index is -0.253. The number of likely N-dealkylation sites (N-methyl/N-ethyl adjacent to an activating group) is 1. The van der Waals surface area contributed by atoms with Crippen LogP contribution < -0.4 is 10.6 Å². The highest BCUT2D eigenvalue weighted by molar-refractivity contribution is 5.87. The van der Waals surface area contributed by atoms with Crippen LogP contribution in [0.1, 0.15) is 12.8 Å². The third-order valence-electron chi connectivity index (χ3n) is 3.25. The monoisotopic (exact) mass is 183 g/mol. The van der Waals surface area contributed by atoms with Gasteiger partial charge in [0.2, 0.25) is 5.91 Å². The van der Waals surface area contributed by atoms with Crippen molar-refractivity contribution in [2.75, 3.05) is 33.2 Å². The second-order valence-electron chi connectivity index (χ2n) is 3.99. The molecule has 74 valence electrons. The lowest BCUT2D eigenvalue weighted by atomic mass is 9.86. The maximum atomic E-state index is 11.8. The van der Waals surface area contributed by atoms with Crippen molar-refractivity contribution < 1.29 is 4.79 Å². The van der Waals surface area contributed by atoms with E-state index in [-0.39, 0.29) is 11.4 Å². The van der Waals surface area contributed by atoms with Crippen LogP contribution in [0.3, 0.4) is 0 Å². The molecule has 2 N–H and O–H groups in total. The molecular formula is C9H17N3O. The summed E-state index contributed by atoms with van der Waals surface area (Å²) in [7, 11) is 2.05. The van der Waals surface area contributed by atoms with Crippen LogP contribution in [0.4, 0.5) is 0 Å². The molecule has 4 nitrogen and oxygen atoms in total. The first-order valence-electron chi connectivity index (χ1n) is 4.96. The molecule has 0 radical (unpaired) electrons. The average molecular weight is 183 g/mol. The zero-order valence-corrected chi connectivity index (χ0v) is 8.10. The Hall–Kier alpha value is -0.610. The minimum Gasteiger partial charge on any atom is -0.353 e. The Morgan fingerprint density at radius 1 is 1.46 bits per heavy atom. The van der Waals surface area contributed by atoms with E-state index in [4.69, 9.17) is 0 Å². The normalized spacial score (nSPS) is 36.2. The van der Waals surface area contributed by atoms with Gasteiger partial charge in [0.1, 0.15) is 5.54 Å². The fraction of sp³-hybridized carbons (Fsp3) is 0.889. The van der Waals surface area contributed by atoms with E-state index in [1.807, 2.05) is 7.05 Å². The second-order valence-corrected chi connectivity index (χ2v) is 3.99. The van der Waals surface area contributed by atoms with Crippen LogP contribution in [-0.2, 0) is 4.79 Å². The van der Waals surface area contributed by atoms with Gasteiger partial charge in [0.25, 0.3) is 0 Å². The topological polar surface area (TPSA) is 44.4 Å². The third kappa shape index (κ3) is 1.34. The van der Waals surface area contributed by atoms with E-state index >= 15 is 0 Å². The van der Waals surface area contributed by atoms with Crippen molar-refractivity contribution in [1.29, 1.82) is 0 Å². The molecule has 0 saturated carbocycles. The molecule has 2 heterocycles. The highest BCUT2D eigenvalue weighted by Gasteiger charge is 2.44. The standard InChI is InChI=1S/C9H17N3O/c1-12-6-5-11-8(13)9(12)3-2-4-10-7-9/h10H,2-7H2,1H3,(H,11,13). The maximum Gasteiger partial charge on any atom is 0.241 e. The summed E-state index contributed by atoms with van der Waals surface area (Å²) in [6.45, 7) is 3.60. The fourth-order valence-corrected chi connectivity index (χ4v) is 2.30. The Labute approximate surface area is 78.7 Å². The molecule has 1 spiro atoms. The molecule has 2 aliphatic heterocycles. The molecule has 2 saturated heterocycles. The van der Waals surface area contributed by atoms with Crippen molar-refractivity contribution in [2.45, 2.75) is 18.4 Å². The van der Waals surface area contributed by atoms with Crippen LogP contribution in [0.2, 0.25) is 0 Å². The van der Waals surface area contributed by atoms with Crippen molar-refractivity contribution in [1.82, 2.24) is 15.5 Å². The van der Waals surface area contributed by atoms with Crippen LogP contribution >= 0.6 is 0 Å². The number of hydrogen-bond acceptors (Lipinski definition) is 3. The van der Waals surface area contributed by atoms with Crippen molar-refractivity contribution in [3.63, 3.8) is 0 Å². The third-order valence-corrected chi connectivity index (χ3v) is 3.25. The minimum absolute atomic E-state index is 0.202. The molecule has 0 aromatic carbocycles. The van der Waals surface area contributed by atoms with E-state index in [0.717, 1.165) is 39.0 Å². The number of nitrogens with one attached hydrogen (secondary N) is 2. The van der Waals surface area contributed by atoms with Crippen molar-refractivity contribution >= 4 is 5.91 Å². The number of nitrogens with zero attached hydrogens (tertiary/aromatic N) is 1. The van der Waals surface area contributed by atoms with Gasteiger partial charge >= 0.3 is 0 Å². The number of carbonyl (C=O) groups excluding carboxylic acids is 1. The first kappa shape index (κ1) is 8.97. The van der Waals surface area contributed by atoms with Crippen LogP contribution in [0.15, 0.2) is 0 Å². The maximum absolute atomic E-state index is 11.8. The first-order chi connectivity index (χ1) is 6.26. The lowest BCUT2D eigenvalue weighted by Gasteiger charge is -2.46. The molecule has 13 heavy (non-hydrogen) atoms. The summed E-state index contributed by atoms with van der Waals surface area (Å²) < 4.78 is 0. The van der Waals surface area contributed by atoms with Gasteiger partial charge in [0.05, 0.1) is 0 Å².